The number of aromatic amines is 1. The van der Waals surface area contributed by atoms with E-state index in [1.54, 1.807) is 18.2 Å². The SMILES string of the molecule is Nc1ccc(-c2[nH]c3ccccc3c2CC(=O)c2ccccc2N)cc1N. The van der Waals surface area contributed by atoms with Crippen LogP contribution in [0.15, 0.2) is 66.7 Å². The number of nitrogens with one attached hydrogen (secondary N) is 1. The maximum atomic E-state index is 12.9. The molecule has 1 heterocycles. The van der Waals surface area contributed by atoms with Gasteiger partial charge in [0.05, 0.1) is 17.1 Å². The third kappa shape index (κ3) is 3.00. The van der Waals surface area contributed by atoms with Crippen molar-refractivity contribution >= 4 is 33.7 Å². The quantitative estimate of drug-likeness (QED) is 0.327. The standard InChI is InChI=1S/C22H20N4O/c23-17-7-3-1-6-15(17)21(27)12-16-14-5-2-4-8-20(14)26-22(16)13-9-10-18(24)19(25)11-13/h1-11,26H,12,23-25H2. The number of carbonyl (C=O) groups is 1. The molecular weight excluding hydrogens is 336 g/mol. The van der Waals surface area contributed by atoms with Crippen LogP contribution in [-0.4, -0.2) is 10.8 Å². The molecule has 0 aliphatic rings. The van der Waals surface area contributed by atoms with E-state index in [0.717, 1.165) is 27.7 Å². The molecule has 0 bridgehead atoms. The fourth-order valence-corrected chi connectivity index (χ4v) is 3.37. The van der Waals surface area contributed by atoms with Crippen LogP contribution in [0.3, 0.4) is 0 Å². The third-order valence-corrected chi connectivity index (χ3v) is 4.79. The van der Waals surface area contributed by atoms with Gasteiger partial charge in [0.25, 0.3) is 0 Å². The number of nitrogen functional groups attached to an aromatic ring is 3. The van der Waals surface area contributed by atoms with E-state index in [1.807, 2.05) is 48.5 Å². The molecule has 0 amide bonds. The Hall–Kier alpha value is -3.73. The first-order chi connectivity index (χ1) is 13.0. The molecule has 0 aliphatic carbocycles. The highest BCUT2D eigenvalue weighted by Gasteiger charge is 2.18. The fraction of sp³-hybridized carbons (Fsp3) is 0.0455. The second-order valence-electron chi connectivity index (χ2n) is 6.56. The zero-order chi connectivity index (χ0) is 19.0. The molecule has 0 saturated carbocycles. The maximum Gasteiger partial charge on any atom is 0.169 e. The fourth-order valence-electron chi connectivity index (χ4n) is 3.37. The number of rotatable bonds is 4. The molecule has 5 nitrogen and oxygen atoms in total. The summed E-state index contributed by atoms with van der Waals surface area (Å²) in [6, 6.07) is 20.6. The molecule has 4 rings (SSSR count). The van der Waals surface area contributed by atoms with Crippen molar-refractivity contribution in [3.8, 4) is 11.3 Å². The van der Waals surface area contributed by atoms with Crippen LogP contribution in [0.25, 0.3) is 22.2 Å². The van der Waals surface area contributed by atoms with Crippen molar-refractivity contribution in [3.05, 3.63) is 77.9 Å². The molecule has 4 aromatic rings. The van der Waals surface area contributed by atoms with Crippen LogP contribution in [0.1, 0.15) is 15.9 Å². The first-order valence-electron chi connectivity index (χ1n) is 8.67. The van der Waals surface area contributed by atoms with Crippen LogP contribution in [0, 0.1) is 0 Å². The third-order valence-electron chi connectivity index (χ3n) is 4.79. The molecule has 27 heavy (non-hydrogen) atoms. The summed E-state index contributed by atoms with van der Waals surface area (Å²) in [5.74, 6) is -0.0254. The number of H-pyrrole nitrogens is 1. The Kier molecular flexibility index (Phi) is 4.05. The lowest BCUT2D eigenvalue weighted by Crippen LogP contribution is -2.07. The minimum atomic E-state index is -0.0254. The number of Topliss-reactive ketones (excluding diaryl/α,β-unsaturated/α-hetero) is 1. The van der Waals surface area contributed by atoms with Crippen molar-refractivity contribution < 1.29 is 4.79 Å². The molecule has 3 aromatic carbocycles. The molecule has 134 valence electrons. The van der Waals surface area contributed by atoms with Crippen LogP contribution in [0.5, 0.6) is 0 Å². The molecule has 0 saturated heterocycles. The Morgan fingerprint density at radius 2 is 1.56 bits per heavy atom. The molecule has 0 fully saturated rings. The molecule has 0 aliphatic heterocycles. The van der Waals surface area contributed by atoms with Crippen LogP contribution in [-0.2, 0) is 6.42 Å². The predicted octanol–water partition coefficient (Wildman–Crippen LogP) is 4.01. The van der Waals surface area contributed by atoms with Gasteiger partial charge in [-0.25, -0.2) is 0 Å². The lowest BCUT2D eigenvalue weighted by molar-refractivity contribution is 0.0994. The second kappa shape index (κ2) is 6.53. The smallest absolute Gasteiger partial charge is 0.169 e. The van der Waals surface area contributed by atoms with Gasteiger partial charge in [0, 0.05) is 34.1 Å². The molecule has 0 atom stereocenters. The topological polar surface area (TPSA) is 111 Å². The van der Waals surface area contributed by atoms with E-state index < -0.39 is 0 Å². The van der Waals surface area contributed by atoms with E-state index in [4.69, 9.17) is 17.2 Å². The second-order valence-corrected chi connectivity index (χ2v) is 6.56. The highest BCUT2D eigenvalue weighted by molar-refractivity contribution is 6.05. The Labute approximate surface area is 156 Å². The number of aromatic nitrogens is 1. The van der Waals surface area contributed by atoms with E-state index in [-0.39, 0.29) is 12.2 Å². The monoisotopic (exact) mass is 356 g/mol. The van der Waals surface area contributed by atoms with Crippen LogP contribution in [0.2, 0.25) is 0 Å². The Bertz CT molecular complexity index is 1160. The van der Waals surface area contributed by atoms with Gasteiger partial charge in [0.1, 0.15) is 0 Å². The van der Waals surface area contributed by atoms with Crippen molar-refractivity contribution in [2.75, 3.05) is 17.2 Å². The number of benzene rings is 3. The molecular formula is C22H20N4O. The zero-order valence-electron chi connectivity index (χ0n) is 14.7. The van der Waals surface area contributed by atoms with E-state index in [0.29, 0.717) is 22.6 Å². The highest BCUT2D eigenvalue weighted by atomic mass is 16.1. The molecule has 0 radical (unpaired) electrons. The number of carbonyl (C=O) groups excluding carboxylic acids is 1. The van der Waals surface area contributed by atoms with E-state index in [9.17, 15) is 4.79 Å². The number of nitrogens with two attached hydrogens (primary N) is 3. The minimum absolute atomic E-state index is 0.0254. The van der Waals surface area contributed by atoms with Crippen molar-refractivity contribution in [3.63, 3.8) is 0 Å². The van der Waals surface area contributed by atoms with E-state index in [2.05, 4.69) is 4.98 Å². The molecule has 0 spiro atoms. The molecule has 7 N–H and O–H groups in total. The normalized spacial score (nSPS) is 11.0. The zero-order valence-corrected chi connectivity index (χ0v) is 14.7. The summed E-state index contributed by atoms with van der Waals surface area (Å²) < 4.78 is 0. The van der Waals surface area contributed by atoms with E-state index >= 15 is 0 Å². The first kappa shape index (κ1) is 16.7. The summed E-state index contributed by atoms with van der Waals surface area (Å²) in [5, 5.41) is 1.01. The lowest BCUT2D eigenvalue weighted by atomic mass is 9.96. The number of anilines is 3. The predicted molar refractivity (Wildman–Crippen MR) is 111 cm³/mol. The van der Waals surface area contributed by atoms with Crippen LogP contribution >= 0.6 is 0 Å². The number of hydrogen-bond donors (Lipinski definition) is 4. The van der Waals surface area contributed by atoms with Crippen molar-refractivity contribution in [2.24, 2.45) is 0 Å². The number of hydrogen-bond acceptors (Lipinski definition) is 4. The highest BCUT2D eigenvalue weighted by Crippen LogP contribution is 2.33. The van der Waals surface area contributed by atoms with Crippen LogP contribution in [0.4, 0.5) is 17.1 Å². The Morgan fingerprint density at radius 1 is 0.815 bits per heavy atom. The first-order valence-corrected chi connectivity index (χ1v) is 8.67. The van der Waals surface area contributed by atoms with Crippen molar-refractivity contribution in [2.45, 2.75) is 6.42 Å². The van der Waals surface area contributed by atoms with Gasteiger partial charge < -0.3 is 22.2 Å². The molecule has 5 heteroatoms. The summed E-state index contributed by atoms with van der Waals surface area (Å²) in [6.07, 6.45) is 0.234. The van der Waals surface area contributed by atoms with Gasteiger partial charge in [-0.1, -0.05) is 36.4 Å². The number of fused-ring (bicyclic) bond motifs is 1. The summed E-state index contributed by atoms with van der Waals surface area (Å²) in [7, 11) is 0. The van der Waals surface area contributed by atoms with Gasteiger partial charge in [0.15, 0.2) is 5.78 Å². The van der Waals surface area contributed by atoms with Crippen molar-refractivity contribution in [1.82, 2.24) is 4.98 Å². The summed E-state index contributed by atoms with van der Waals surface area (Å²) in [4.78, 5) is 16.4. The Balaban J connectivity index is 1.85. The largest absolute Gasteiger partial charge is 0.398 e. The maximum absolute atomic E-state index is 12.9. The van der Waals surface area contributed by atoms with Crippen LogP contribution < -0.4 is 17.2 Å². The molecule has 0 unspecified atom stereocenters. The average molecular weight is 356 g/mol. The molecule has 1 aromatic heterocycles. The number of ketones is 1. The minimum Gasteiger partial charge on any atom is -0.398 e. The van der Waals surface area contributed by atoms with Gasteiger partial charge in [-0.3, -0.25) is 4.79 Å². The van der Waals surface area contributed by atoms with Gasteiger partial charge >= 0.3 is 0 Å². The number of para-hydroxylation sites is 2. The Morgan fingerprint density at radius 3 is 2.33 bits per heavy atom. The average Bonchev–Trinajstić information content (AvgIpc) is 3.03. The van der Waals surface area contributed by atoms with E-state index in [1.165, 1.54) is 0 Å². The van der Waals surface area contributed by atoms with Gasteiger partial charge in [-0.15, -0.1) is 0 Å². The van der Waals surface area contributed by atoms with Gasteiger partial charge in [0.2, 0.25) is 0 Å². The van der Waals surface area contributed by atoms with Crippen molar-refractivity contribution in [1.29, 1.82) is 0 Å². The summed E-state index contributed by atoms with van der Waals surface area (Å²) >= 11 is 0. The van der Waals surface area contributed by atoms with Gasteiger partial charge in [-0.05, 0) is 35.9 Å². The lowest BCUT2D eigenvalue weighted by Gasteiger charge is -2.08. The summed E-state index contributed by atoms with van der Waals surface area (Å²) in [6.45, 7) is 0. The summed E-state index contributed by atoms with van der Waals surface area (Å²) in [5.41, 5.74) is 23.5. The van der Waals surface area contributed by atoms with Gasteiger partial charge in [-0.2, -0.15) is 0 Å².